The Morgan fingerprint density at radius 3 is 2.48 bits per heavy atom. The minimum Gasteiger partial charge on any atom is -0.507 e. The van der Waals surface area contributed by atoms with Gasteiger partial charge in [0.25, 0.3) is 0 Å². The van der Waals surface area contributed by atoms with Gasteiger partial charge in [0.05, 0.1) is 24.8 Å². The number of hydrogen-bond acceptors (Lipinski definition) is 7. The highest BCUT2D eigenvalue weighted by Gasteiger charge is 2.20. The molecule has 0 saturated carbocycles. The van der Waals surface area contributed by atoms with E-state index in [0.29, 0.717) is 29.0 Å². The summed E-state index contributed by atoms with van der Waals surface area (Å²) in [4.78, 5) is 14.8. The molecule has 0 saturated heterocycles. The number of phenols is 2. The van der Waals surface area contributed by atoms with Gasteiger partial charge in [0, 0.05) is 19.2 Å². The van der Waals surface area contributed by atoms with Gasteiger partial charge < -0.3 is 24.5 Å². The van der Waals surface area contributed by atoms with Crippen molar-refractivity contribution in [3.63, 3.8) is 0 Å². The van der Waals surface area contributed by atoms with Crippen LogP contribution in [0.25, 0.3) is 22.1 Å². The molecule has 1 heterocycles. The van der Waals surface area contributed by atoms with Gasteiger partial charge in [-0.2, -0.15) is 0 Å². The van der Waals surface area contributed by atoms with Crippen molar-refractivity contribution in [1.29, 1.82) is 0 Å². The summed E-state index contributed by atoms with van der Waals surface area (Å²) in [5, 5.41) is 29.5. The molecule has 7 heteroatoms. The van der Waals surface area contributed by atoms with Crippen molar-refractivity contribution in [3.05, 3.63) is 52.4 Å². The molecule has 1 aromatic heterocycles. The van der Waals surface area contributed by atoms with Crippen LogP contribution in [-0.2, 0) is 6.54 Å². The van der Waals surface area contributed by atoms with Gasteiger partial charge >= 0.3 is 0 Å². The number of methoxy groups -OCH3 is 1. The summed E-state index contributed by atoms with van der Waals surface area (Å²) >= 11 is 0. The van der Waals surface area contributed by atoms with Crippen LogP contribution in [0.5, 0.6) is 17.2 Å². The molecule has 0 unspecified atom stereocenters. The fourth-order valence-corrected chi connectivity index (χ4v) is 2.97. The van der Waals surface area contributed by atoms with Crippen LogP contribution >= 0.6 is 0 Å². The van der Waals surface area contributed by atoms with Crippen LogP contribution in [0.15, 0.2) is 45.8 Å². The highest BCUT2D eigenvalue weighted by molar-refractivity contribution is 5.90. The van der Waals surface area contributed by atoms with Gasteiger partial charge in [-0.15, -0.1) is 0 Å². The van der Waals surface area contributed by atoms with Gasteiger partial charge in [0.15, 0.2) is 0 Å². The second kappa shape index (κ2) is 7.69. The maximum atomic E-state index is 13.0. The molecule has 0 radical (unpaired) electrons. The third kappa shape index (κ3) is 3.60. The maximum Gasteiger partial charge on any atom is 0.204 e. The molecule has 0 aliphatic heterocycles. The van der Waals surface area contributed by atoms with Crippen LogP contribution in [0.3, 0.4) is 0 Å². The maximum absolute atomic E-state index is 13.0. The number of rotatable bonds is 6. The highest BCUT2D eigenvalue weighted by Crippen LogP contribution is 2.35. The molecule has 2 aromatic carbocycles. The highest BCUT2D eigenvalue weighted by atomic mass is 16.5. The van der Waals surface area contributed by atoms with Crippen LogP contribution in [0.4, 0.5) is 0 Å². The van der Waals surface area contributed by atoms with Crippen LogP contribution in [0.1, 0.15) is 5.56 Å². The summed E-state index contributed by atoms with van der Waals surface area (Å²) in [7, 11) is 3.32. The van der Waals surface area contributed by atoms with Crippen molar-refractivity contribution in [1.82, 2.24) is 4.90 Å². The number of phenolic OH excluding ortho intramolecular Hbond substituents is 2. The number of hydrogen-bond donors (Lipinski definition) is 3. The quantitative estimate of drug-likeness (QED) is 0.611. The molecule has 0 fully saturated rings. The Morgan fingerprint density at radius 1 is 1.15 bits per heavy atom. The first-order valence-corrected chi connectivity index (χ1v) is 8.39. The number of aromatic hydroxyl groups is 2. The molecule has 0 atom stereocenters. The minimum atomic E-state index is -0.398. The molecule has 3 rings (SSSR count). The SMILES string of the molecule is COc1ccc(-c2coc3c(CN(C)CCO)c(O)cc(O)c3c2=O)cc1. The van der Waals surface area contributed by atoms with E-state index in [4.69, 9.17) is 14.3 Å². The Kier molecular flexibility index (Phi) is 5.34. The fraction of sp³-hybridized carbons (Fsp3) is 0.250. The predicted octanol–water partition coefficient (Wildman–Crippen LogP) is 2.30. The first-order chi connectivity index (χ1) is 13.0. The summed E-state index contributed by atoms with van der Waals surface area (Å²) in [5.41, 5.74) is 1.01. The molecule has 3 aromatic rings. The molecular formula is C20H21NO6. The molecule has 3 N–H and O–H groups in total. The zero-order chi connectivity index (χ0) is 19.6. The summed E-state index contributed by atoms with van der Waals surface area (Å²) in [6, 6.07) is 8.05. The van der Waals surface area contributed by atoms with Crippen molar-refractivity contribution in [3.8, 4) is 28.4 Å². The first-order valence-electron chi connectivity index (χ1n) is 8.39. The summed E-state index contributed by atoms with van der Waals surface area (Å²) in [6.07, 6.45) is 1.32. The Morgan fingerprint density at radius 2 is 1.85 bits per heavy atom. The lowest BCUT2D eigenvalue weighted by molar-refractivity contribution is 0.216. The average molecular weight is 371 g/mol. The third-order valence-corrected chi connectivity index (χ3v) is 4.42. The van der Waals surface area contributed by atoms with E-state index in [1.54, 1.807) is 43.3 Å². The summed E-state index contributed by atoms with van der Waals surface area (Å²) in [5.74, 6) is 0.135. The smallest absolute Gasteiger partial charge is 0.204 e. The average Bonchev–Trinajstić information content (AvgIpc) is 2.65. The van der Waals surface area contributed by atoms with Crippen molar-refractivity contribution >= 4 is 11.0 Å². The van der Waals surface area contributed by atoms with E-state index in [2.05, 4.69) is 0 Å². The Labute approximate surface area is 155 Å². The number of likely N-dealkylation sites (N-methyl/N-ethyl adjacent to an activating group) is 1. The van der Waals surface area contributed by atoms with Gasteiger partial charge in [-0.25, -0.2) is 0 Å². The van der Waals surface area contributed by atoms with Crippen LogP contribution < -0.4 is 10.2 Å². The predicted molar refractivity (Wildman–Crippen MR) is 101 cm³/mol. The lowest BCUT2D eigenvalue weighted by atomic mass is 10.0. The van der Waals surface area contributed by atoms with E-state index in [1.807, 2.05) is 0 Å². The Balaban J connectivity index is 2.16. The van der Waals surface area contributed by atoms with E-state index in [-0.39, 0.29) is 35.6 Å². The number of nitrogens with zero attached hydrogens (tertiary/aromatic N) is 1. The molecule has 0 bridgehead atoms. The summed E-state index contributed by atoms with van der Waals surface area (Å²) < 4.78 is 10.8. The van der Waals surface area contributed by atoms with Gasteiger partial charge in [0.1, 0.15) is 34.5 Å². The van der Waals surface area contributed by atoms with E-state index in [0.717, 1.165) is 6.07 Å². The normalized spacial score (nSPS) is 11.3. The molecular weight excluding hydrogens is 350 g/mol. The zero-order valence-corrected chi connectivity index (χ0v) is 15.1. The van der Waals surface area contributed by atoms with E-state index >= 15 is 0 Å². The Bertz CT molecular complexity index is 1010. The lowest BCUT2D eigenvalue weighted by Gasteiger charge is -2.17. The van der Waals surface area contributed by atoms with Crippen molar-refractivity contribution < 1.29 is 24.5 Å². The first kappa shape index (κ1) is 18.8. The van der Waals surface area contributed by atoms with Crippen LogP contribution in [-0.4, -0.2) is 47.5 Å². The monoisotopic (exact) mass is 371 g/mol. The van der Waals surface area contributed by atoms with E-state index < -0.39 is 5.43 Å². The number of fused-ring (bicyclic) bond motifs is 1. The number of ether oxygens (including phenoxy) is 1. The van der Waals surface area contributed by atoms with E-state index in [9.17, 15) is 15.0 Å². The van der Waals surface area contributed by atoms with Gasteiger partial charge in [-0.05, 0) is 24.7 Å². The van der Waals surface area contributed by atoms with Crippen molar-refractivity contribution in [2.75, 3.05) is 27.3 Å². The van der Waals surface area contributed by atoms with Gasteiger partial charge in [0.2, 0.25) is 5.43 Å². The number of aliphatic hydroxyl groups excluding tert-OH is 1. The van der Waals surface area contributed by atoms with Crippen molar-refractivity contribution in [2.24, 2.45) is 0 Å². The van der Waals surface area contributed by atoms with Crippen molar-refractivity contribution in [2.45, 2.75) is 6.54 Å². The molecule has 0 aliphatic carbocycles. The van der Waals surface area contributed by atoms with Crippen LogP contribution in [0.2, 0.25) is 0 Å². The fourth-order valence-electron chi connectivity index (χ4n) is 2.97. The Hall–Kier alpha value is -3.03. The van der Waals surface area contributed by atoms with E-state index in [1.165, 1.54) is 6.26 Å². The minimum absolute atomic E-state index is 0.00789. The summed E-state index contributed by atoms with van der Waals surface area (Å²) in [6.45, 7) is 0.586. The molecule has 0 amide bonds. The molecule has 7 nitrogen and oxygen atoms in total. The van der Waals surface area contributed by atoms with Gasteiger partial charge in [-0.3, -0.25) is 9.69 Å². The van der Waals surface area contributed by atoms with Crippen LogP contribution in [0, 0.1) is 0 Å². The second-order valence-electron chi connectivity index (χ2n) is 6.27. The second-order valence-corrected chi connectivity index (χ2v) is 6.27. The zero-order valence-electron chi connectivity index (χ0n) is 15.1. The standard InChI is InChI=1S/C20H21NO6/c1-21(7-8-22)10-14-16(23)9-17(24)18-19(25)15(11-27-20(14)18)12-3-5-13(26-2)6-4-12/h3-6,9,11,22-24H,7-8,10H2,1-2H3. The topological polar surface area (TPSA) is 103 Å². The third-order valence-electron chi connectivity index (χ3n) is 4.42. The molecule has 142 valence electrons. The van der Waals surface area contributed by atoms with Gasteiger partial charge in [-0.1, -0.05) is 12.1 Å². The largest absolute Gasteiger partial charge is 0.507 e. The number of benzene rings is 2. The number of aliphatic hydroxyl groups is 1. The molecule has 0 aliphatic rings. The lowest BCUT2D eigenvalue weighted by Crippen LogP contribution is -2.22. The molecule has 27 heavy (non-hydrogen) atoms. The molecule has 0 spiro atoms.